The molecule has 30 heavy (non-hydrogen) atoms. The first kappa shape index (κ1) is 27.6. The van der Waals surface area contributed by atoms with Crippen molar-refractivity contribution in [3.63, 3.8) is 0 Å². The van der Waals surface area contributed by atoms with Gasteiger partial charge in [-0.15, -0.1) is 11.8 Å². The molecule has 6 N–H and O–H groups in total. The van der Waals surface area contributed by atoms with Gasteiger partial charge in [-0.05, 0) is 25.7 Å². The van der Waals surface area contributed by atoms with Gasteiger partial charge >= 0.3 is 17.9 Å². The van der Waals surface area contributed by atoms with Crippen LogP contribution in [0.2, 0.25) is 0 Å². The van der Waals surface area contributed by atoms with Crippen LogP contribution in [0.5, 0.6) is 0 Å². The molecule has 3 unspecified atom stereocenters. The molecule has 168 valence electrons. The molecule has 0 spiro atoms. The van der Waals surface area contributed by atoms with E-state index in [9.17, 15) is 19.5 Å². The van der Waals surface area contributed by atoms with Crippen molar-refractivity contribution in [2.75, 3.05) is 5.75 Å². The quantitative estimate of drug-likeness (QED) is 0.169. The average Bonchev–Trinajstić information content (AvgIpc) is 2.67. The van der Waals surface area contributed by atoms with Gasteiger partial charge < -0.3 is 26.2 Å². The first-order valence-electron chi connectivity index (χ1n) is 9.60. The molecule has 0 aliphatic heterocycles. The van der Waals surface area contributed by atoms with Crippen molar-refractivity contribution in [2.45, 2.75) is 55.9 Å². The van der Waals surface area contributed by atoms with Crippen LogP contribution in [0.25, 0.3) is 0 Å². The van der Waals surface area contributed by atoms with Gasteiger partial charge in [-0.2, -0.15) is 0 Å². The number of aliphatic hydroxyl groups excluding tert-OH is 1. The average molecular weight is 442 g/mol. The molecule has 0 radical (unpaired) electrons. The Balaban J connectivity index is 4.56. The summed E-state index contributed by atoms with van der Waals surface area (Å²) in [6, 6.07) is -1.04. The number of aliphatic hydroxyl groups is 1. The van der Waals surface area contributed by atoms with Gasteiger partial charge in [-0.3, -0.25) is 14.4 Å². The topological polar surface area (TPSA) is 158 Å². The van der Waals surface area contributed by atoms with Gasteiger partial charge in [0.05, 0.1) is 6.10 Å². The van der Waals surface area contributed by atoms with Crippen molar-refractivity contribution in [1.82, 2.24) is 0 Å². The van der Waals surface area contributed by atoms with E-state index in [0.29, 0.717) is 19.3 Å². The van der Waals surface area contributed by atoms with Crippen LogP contribution in [0.3, 0.4) is 0 Å². The van der Waals surface area contributed by atoms with Crippen LogP contribution >= 0.6 is 11.8 Å². The number of hydrogen-bond donors (Lipinski definition) is 5. The van der Waals surface area contributed by atoms with Gasteiger partial charge in [-0.25, -0.2) is 0 Å². The maximum atomic E-state index is 10.9. The first-order chi connectivity index (χ1) is 14.2. The van der Waals surface area contributed by atoms with Crippen molar-refractivity contribution < 1.29 is 34.8 Å². The van der Waals surface area contributed by atoms with Crippen molar-refractivity contribution in [3.8, 4) is 0 Å². The number of hydrogen-bond acceptors (Lipinski definition) is 6. The zero-order valence-corrected chi connectivity index (χ0v) is 17.6. The Labute approximate surface area is 180 Å². The van der Waals surface area contributed by atoms with E-state index in [4.69, 9.17) is 21.1 Å². The minimum atomic E-state index is -1.12. The second-order valence-electron chi connectivity index (χ2n) is 6.43. The molecule has 9 heteroatoms. The van der Waals surface area contributed by atoms with Crippen LogP contribution in [0.1, 0.15) is 38.5 Å². The van der Waals surface area contributed by atoms with Gasteiger partial charge in [0.1, 0.15) is 6.04 Å². The van der Waals surface area contributed by atoms with Crippen molar-refractivity contribution >= 4 is 29.7 Å². The Morgan fingerprint density at radius 3 is 2.20 bits per heavy atom. The van der Waals surface area contributed by atoms with Gasteiger partial charge in [0, 0.05) is 23.8 Å². The highest BCUT2D eigenvalue weighted by molar-refractivity contribution is 8.00. The largest absolute Gasteiger partial charge is 0.481 e. The molecule has 0 aromatic heterocycles. The molecule has 0 heterocycles. The Hall–Kier alpha value is -2.36. The highest BCUT2D eigenvalue weighted by atomic mass is 32.2. The van der Waals surface area contributed by atoms with Crippen LogP contribution in [0.15, 0.2) is 48.6 Å². The number of allylic oxidation sites excluding steroid dienone is 7. The molecular formula is C21H31NO7S. The van der Waals surface area contributed by atoms with Gasteiger partial charge in [0.15, 0.2) is 0 Å². The summed E-state index contributed by atoms with van der Waals surface area (Å²) in [5.41, 5.74) is 5.51. The molecular weight excluding hydrogens is 410 g/mol. The maximum absolute atomic E-state index is 10.9. The fraction of sp³-hybridized carbons (Fsp3) is 0.476. The summed E-state index contributed by atoms with van der Waals surface area (Å²) >= 11 is 1.21. The molecule has 0 aliphatic carbocycles. The zero-order valence-electron chi connectivity index (χ0n) is 16.8. The van der Waals surface area contributed by atoms with E-state index in [1.54, 1.807) is 24.3 Å². The predicted molar refractivity (Wildman–Crippen MR) is 117 cm³/mol. The van der Waals surface area contributed by atoms with Crippen LogP contribution in [-0.2, 0) is 14.4 Å². The smallest absolute Gasteiger partial charge is 0.321 e. The van der Waals surface area contributed by atoms with Gasteiger partial charge in [-0.1, -0.05) is 48.6 Å². The summed E-state index contributed by atoms with van der Waals surface area (Å²) in [5.74, 6) is -2.75. The first-order valence-corrected chi connectivity index (χ1v) is 10.7. The lowest BCUT2D eigenvalue weighted by Gasteiger charge is -2.20. The van der Waals surface area contributed by atoms with Crippen LogP contribution in [0.4, 0.5) is 0 Å². The number of nitrogens with two attached hydrogens (primary N) is 1. The third-order valence-corrected chi connectivity index (χ3v) is 5.20. The van der Waals surface area contributed by atoms with Crippen LogP contribution < -0.4 is 5.73 Å². The molecule has 0 aliphatic rings. The Morgan fingerprint density at radius 1 is 0.900 bits per heavy atom. The molecule has 0 aromatic carbocycles. The Bertz CT molecular complexity index is 643. The maximum Gasteiger partial charge on any atom is 0.321 e. The van der Waals surface area contributed by atoms with E-state index in [1.165, 1.54) is 11.8 Å². The molecule has 0 aromatic rings. The van der Waals surface area contributed by atoms with Crippen molar-refractivity contribution in [2.24, 2.45) is 5.73 Å². The van der Waals surface area contributed by atoms with Crippen molar-refractivity contribution in [3.05, 3.63) is 48.6 Å². The minimum Gasteiger partial charge on any atom is -0.481 e. The van der Waals surface area contributed by atoms with Crippen molar-refractivity contribution in [1.29, 1.82) is 0 Å². The SMILES string of the molecule is NC(CSC(C=CC=CC=CCC=CCCC(=O)O)C(O)CCCC(=O)O)C(=O)O. The summed E-state index contributed by atoms with van der Waals surface area (Å²) < 4.78 is 0. The third-order valence-electron chi connectivity index (χ3n) is 3.79. The molecule has 0 amide bonds. The molecule has 0 saturated heterocycles. The molecule has 0 fully saturated rings. The van der Waals surface area contributed by atoms with Crippen LogP contribution in [0, 0.1) is 0 Å². The lowest BCUT2D eigenvalue weighted by Crippen LogP contribution is -2.34. The highest BCUT2D eigenvalue weighted by Crippen LogP contribution is 2.21. The van der Waals surface area contributed by atoms with Gasteiger partial charge in [0.2, 0.25) is 0 Å². The van der Waals surface area contributed by atoms with E-state index in [2.05, 4.69) is 0 Å². The standard InChI is InChI=1S/C21H31NO7S/c22-16(21(28)29)15-30-18(17(23)11-10-14-20(26)27)12-8-6-4-2-1-3-5-7-9-13-19(24)25/h1-2,4-8,12,16-18,23H,3,9-11,13-15,22H2,(H,24,25)(H,26,27)(H,28,29). The summed E-state index contributed by atoms with van der Waals surface area (Å²) in [6.07, 6.45) is 15.5. The highest BCUT2D eigenvalue weighted by Gasteiger charge is 2.20. The number of thioether (sulfide) groups is 1. The fourth-order valence-electron chi connectivity index (χ4n) is 2.17. The normalized spacial score (nSPS) is 15.3. The summed E-state index contributed by atoms with van der Waals surface area (Å²) in [6.45, 7) is 0. The molecule has 0 rings (SSSR count). The number of carbonyl (C=O) groups is 3. The van der Waals surface area contributed by atoms with E-state index < -0.39 is 35.3 Å². The van der Waals surface area contributed by atoms with E-state index in [0.717, 1.165) is 0 Å². The van der Waals surface area contributed by atoms with Crippen LogP contribution in [-0.4, -0.2) is 61.5 Å². The summed E-state index contributed by atoms with van der Waals surface area (Å²) in [5, 5.41) is 36.0. The lowest BCUT2D eigenvalue weighted by atomic mass is 10.1. The van der Waals surface area contributed by atoms with E-state index in [-0.39, 0.29) is 25.0 Å². The number of carboxylic acids is 3. The Morgan fingerprint density at radius 2 is 1.57 bits per heavy atom. The Kier molecular flexibility index (Phi) is 16.1. The third kappa shape index (κ3) is 16.6. The second kappa shape index (κ2) is 17.5. The second-order valence-corrected chi connectivity index (χ2v) is 7.64. The summed E-state index contributed by atoms with van der Waals surface area (Å²) in [7, 11) is 0. The minimum absolute atomic E-state index is 0.0394. The lowest BCUT2D eigenvalue weighted by molar-refractivity contribution is -0.138. The molecule has 0 saturated carbocycles. The fourth-order valence-corrected chi connectivity index (χ4v) is 3.30. The van der Waals surface area contributed by atoms with E-state index >= 15 is 0 Å². The van der Waals surface area contributed by atoms with Gasteiger partial charge in [0.25, 0.3) is 0 Å². The molecule has 3 atom stereocenters. The van der Waals surface area contributed by atoms with E-state index in [1.807, 2.05) is 24.3 Å². The molecule has 0 bridgehead atoms. The monoisotopic (exact) mass is 441 g/mol. The number of aliphatic carboxylic acids is 3. The predicted octanol–water partition coefficient (Wildman–Crippen LogP) is 2.60. The zero-order chi connectivity index (χ0) is 22.8. The summed E-state index contributed by atoms with van der Waals surface area (Å²) in [4.78, 5) is 31.9. The number of carboxylic acid groups (broad SMARTS) is 3. The molecule has 8 nitrogen and oxygen atoms in total. The number of rotatable bonds is 17.